The fraction of sp³-hybridized carbons (Fsp3) is 0.905. The average Bonchev–Trinajstić information content (AvgIpc) is 2.86. The lowest BCUT2D eigenvalue weighted by molar-refractivity contribution is -0.270. The van der Waals surface area contributed by atoms with Gasteiger partial charge in [-0.2, -0.15) is 0 Å². The van der Waals surface area contributed by atoms with Gasteiger partial charge in [-0.3, -0.25) is 0 Å². The Kier molecular flexibility index (Phi) is 4.19. The number of rotatable bonds is 1. The molecule has 5 nitrogen and oxygen atoms in total. The molecule has 148 valence electrons. The fourth-order valence-corrected chi connectivity index (χ4v) is 7.50. The molecule has 0 spiro atoms. The minimum atomic E-state index is -1.10. The second kappa shape index (κ2) is 5.77. The maximum absolute atomic E-state index is 11.9. The summed E-state index contributed by atoms with van der Waals surface area (Å²) in [6.07, 6.45) is 3.12. The van der Waals surface area contributed by atoms with Gasteiger partial charge in [0.25, 0.3) is 0 Å². The zero-order valence-corrected chi connectivity index (χ0v) is 16.1. The summed E-state index contributed by atoms with van der Waals surface area (Å²) < 4.78 is 0. The van der Waals surface area contributed by atoms with Gasteiger partial charge in [-0.15, -0.1) is 0 Å². The lowest BCUT2D eigenvalue weighted by Gasteiger charge is -2.64. The third-order valence-corrected chi connectivity index (χ3v) is 9.01. The molecule has 0 saturated heterocycles. The maximum Gasteiger partial charge on any atom is 0.0886 e. The Morgan fingerprint density at radius 2 is 1.81 bits per heavy atom. The van der Waals surface area contributed by atoms with Crippen molar-refractivity contribution >= 4 is 0 Å². The summed E-state index contributed by atoms with van der Waals surface area (Å²) >= 11 is 0. The van der Waals surface area contributed by atoms with E-state index in [0.717, 1.165) is 6.42 Å². The highest BCUT2D eigenvalue weighted by atomic mass is 16.3. The number of fused-ring (bicyclic) bond motifs is 5. The minimum absolute atomic E-state index is 0.140. The summed E-state index contributed by atoms with van der Waals surface area (Å²) in [5.41, 5.74) is -1.15. The molecule has 4 rings (SSSR count). The van der Waals surface area contributed by atoms with Crippen LogP contribution in [0.5, 0.6) is 0 Å². The molecule has 0 amide bonds. The fourth-order valence-electron chi connectivity index (χ4n) is 7.50. The van der Waals surface area contributed by atoms with Crippen LogP contribution in [0.2, 0.25) is 0 Å². The molecule has 26 heavy (non-hydrogen) atoms. The molecular weight excluding hydrogens is 332 g/mol. The number of aliphatic hydroxyl groups excluding tert-OH is 4. The first-order valence-electron chi connectivity index (χ1n) is 10.2. The Bertz CT molecular complexity index is 618. The van der Waals surface area contributed by atoms with Crippen molar-refractivity contribution in [2.45, 2.75) is 89.3 Å². The quantitative estimate of drug-likeness (QED) is 0.451. The van der Waals surface area contributed by atoms with Crippen molar-refractivity contribution in [2.24, 2.45) is 28.6 Å². The molecule has 5 N–H and O–H groups in total. The third kappa shape index (κ3) is 2.10. The van der Waals surface area contributed by atoms with Crippen LogP contribution in [0, 0.1) is 28.6 Å². The normalized spacial score (nSPS) is 57.6. The van der Waals surface area contributed by atoms with Crippen molar-refractivity contribution in [2.75, 3.05) is 0 Å². The molecule has 3 saturated carbocycles. The monoisotopic (exact) mass is 366 g/mol. The summed E-state index contributed by atoms with van der Waals surface area (Å²) in [5, 5.41) is 54.7. The van der Waals surface area contributed by atoms with E-state index in [4.69, 9.17) is 0 Å². The van der Waals surface area contributed by atoms with E-state index in [0.29, 0.717) is 32.1 Å². The first-order chi connectivity index (χ1) is 12.1. The van der Waals surface area contributed by atoms with Crippen molar-refractivity contribution in [3.63, 3.8) is 0 Å². The molecule has 0 aliphatic heterocycles. The van der Waals surface area contributed by atoms with Crippen LogP contribution in [0.4, 0.5) is 0 Å². The van der Waals surface area contributed by atoms with E-state index in [-0.39, 0.29) is 29.3 Å². The molecule has 0 aromatic heterocycles. The molecule has 10 atom stereocenters. The van der Waals surface area contributed by atoms with Crippen LogP contribution >= 0.6 is 0 Å². The van der Waals surface area contributed by atoms with Crippen LogP contribution in [0.1, 0.15) is 59.3 Å². The standard InChI is InChI=1S/C21H34O5/c1-11(22)14-7-9-21(26)15-5-4-12-10-13(23)6-8-19(12,2)16(15)17(24)18(25)20(14,21)3/h4,11,13-18,22-26H,5-10H2,1-3H3/t11-,13+,14-,15-,16-,17+,18-,19+,20+,21+/m1/s1. The van der Waals surface area contributed by atoms with E-state index in [1.54, 1.807) is 6.92 Å². The lowest BCUT2D eigenvalue weighted by Crippen LogP contribution is -2.71. The van der Waals surface area contributed by atoms with Gasteiger partial charge in [-0.1, -0.05) is 25.5 Å². The summed E-state index contributed by atoms with van der Waals surface area (Å²) in [6.45, 7) is 5.70. The Hall–Kier alpha value is -0.460. The largest absolute Gasteiger partial charge is 0.393 e. The van der Waals surface area contributed by atoms with Crippen LogP contribution in [0.15, 0.2) is 11.6 Å². The molecule has 0 aromatic carbocycles. The van der Waals surface area contributed by atoms with E-state index in [2.05, 4.69) is 13.0 Å². The van der Waals surface area contributed by atoms with Gasteiger partial charge in [0.1, 0.15) is 0 Å². The van der Waals surface area contributed by atoms with Gasteiger partial charge in [0.2, 0.25) is 0 Å². The third-order valence-electron chi connectivity index (χ3n) is 9.01. The SMILES string of the molecule is C[C@@H](O)[C@H]1CC[C@]2(O)[C@@H]3CC=C4C[C@@H](O)CC[C@]4(C)[C@H]3[C@H](O)[C@@H](O)[C@]12C. The van der Waals surface area contributed by atoms with E-state index >= 15 is 0 Å². The van der Waals surface area contributed by atoms with Crippen LogP contribution < -0.4 is 0 Å². The Balaban J connectivity index is 1.81. The molecule has 4 aliphatic carbocycles. The van der Waals surface area contributed by atoms with Crippen LogP contribution in [0.3, 0.4) is 0 Å². The molecule has 5 heteroatoms. The minimum Gasteiger partial charge on any atom is -0.393 e. The second-order valence-electron chi connectivity index (χ2n) is 9.94. The topological polar surface area (TPSA) is 101 Å². The van der Waals surface area contributed by atoms with Gasteiger partial charge in [0.15, 0.2) is 0 Å². The Morgan fingerprint density at radius 3 is 2.46 bits per heavy atom. The lowest BCUT2D eigenvalue weighted by atomic mass is 9.44. The summed E-state index contributed by atoms with van der Waals surface area (Å²) in [4.78, 5) is 0. The van der Waals surface area contributed by atoms with Crippen molar-refractivity contribution in [3.05, 3.63) is 11.6 Å². The number of hydrogen-bond donors (Lipinski definition) is 5. The molecule has 4 aliphatic rings. The van der Waals surface area contributed by atoms with Gasteiger partial charge in [0.05, 0.1) is 30.0 Å². The van der Waals surface area contributed by atoms with Gasteiger partial charge in [-0.05, 0) is 62.7 Å². The second-order valence-corrected chi connectivity index (χ2v) is 9.94. The molecular formula is C21H34O5. The zero-order chi connectivity index (χ0) is 19.1. The number of hydrogen-bond acceptors (Lipinski definition) is 5. The van der Waals surface area contributed by atoms with Gasteiger partial charge in [0, 0.05) is 11.3 Å². The van der Waals surface area contributed by atoms with E-state index in [1.165, 1.54) is 5.57 Å². The summed E-state index contributed by atoms with van der Waals surface area (Å²) in [7, 11) is 0. The molecule has 0 heterocycles. The molecule has 0 unspecified atom stereocenters. The molecule has 0 bridgehead atoms. The van der Waals surface area contributed by atoms with Crippen LogP contribution in [-0.4, -0.2) is 55.5 Å². The maximum atomic E-state index is 11.9. The van der Waals surface area contributed by atoms with Crippen LogP contribution in [-0.2, 0) is 0 Å². The van der Waals surface area contributed by atoms with Crippen molar-refractivity contribution in [1.29, 1.82) is 0 Å². The van der Waals surface area contributed by atoms with Gasteiger partial charge in [-0.25, -0.2) is 0 Å². The molecule has 0 aromatic rings. The Labute approximate surface area is 155 Å². The molecule has 3 fully saturated rings. The predicted octanol–water partition coefficient (Wildman–Crippen LogP) is 1.36. The molecule has 0 radical (unpaired) electrons. The predicted molar refractivity (Wildman–Crippen MR) is 97.1 cm³/mol. The zero-order valence-electron chi connectivity index (χ0n) is 16.1. The summed E-state index contributed by atoms with van der Waals surface area (Å²) in [6, 6.07) is 0. The Morgan fingerprint density at radius 1 is 1.12 bits per heavy atom. The van der Waals surface area contributed by atoms with Crippen LogP contribution in [0.25, 0.3) is 0 Å². The van der Waals surface area contributed by atoms with Gasteiger partial charge < -0.3 is 25.5 Å². The summed E-state index contributed by atoms with van der Waals surface area (Å²) in [5.74, 6) is -0.598. The smallest absolute Gasteiger partial charge is 0.0886 e. The van der Waals surface area contributed by atoms with Crippen molar-refractivity contribution in [1.82, 2.24) is 0 Å². The first-order valence-corrected chi connectivity index (χ1v) is 10.2. The number of allylic oxidation sites excluding steroid dienone is 1. The highest BCUT2D eigenvalue weighted by molar-refractivity contribution is 5.30. The van der Waals surface area contributed by atoms with E-state index in [1.807, 2.05) is 6.92 Å². The van der Waals surface area contributed by atoms with E-state index < -0.39 is 29.3 Å². The highest BCUT2D eigenvalue weighted by Crippen LogP contribution is 2.68. The van der Waals surface area contributed by atoms with Crippen molar-refractivity contribution < 1.29 is 25.5 Å². The highest BCUT2D eigenvalue weighted by Gasteiger charge is 2.72. The number of aliphatic hydroxyl groups is 5. The first kappa shape index (κ1) is 18.9. The average molecular weight is 366 g/mol. The van der Waals surface area contributed by atoms with Crippen molar-refractivity contribution in [3.8, 4) is 0 Å². The van der Waals surface area contributed by atoms with Gasteiger partial charge >= 0.3 is 0 Å². The van der Waals surface area contributed by atoms with E-state index in [9.17, 15) is 25.5 Å².